The van der Waals surface area contributed by atoms with Gasteiger partial charge in [-0.05, 0) is 24.0 Å². The van der Waals surface area contributed by atoms with Gasteiger partial charge >= 0.3 is 0 Å². The summed E-state index contributed by atoms with van der Waals surface area (Å²) >= 11 is 0. The van der Waals surface area contributed by atoms with Crippen molar-refractivity contribution in [2.24, 2.45) is 11.7 Å². The van der Waals surface area contributed by atoms with Gasteiger partial charge in [0.05, 0.1) is 5.92 Å². The normalized spacial score (nSPS) is 19.6. The minimum absolute atomic E-state index is 0.0610. The summed E-state index contributed by atoms with van der Waals surface area (Å²) in [6.45, 7) is 2.51. The number of nitrogens with two attached hydrogens (primary N) is 1. The van der Waals surface area contributed by atoms with Gasteiger partial charge in [-0.2, -0.15) is 0 Å². The number of anilines is 1. The van der Waals surface area contributed by atoms with Gasteiger partial charge in [0.2, 0.25) is 5.91 Å². The zero-order valence-corrected chi connectivity index (χ0v) is 8.92. The van der Waals surface area contributed by atoms with E-state index in [1.807, 2.05) is 6.07 Å². The first-order valence-electron chi connectivity index (χ1n) is 5.38. The van der Waals surface area contributed by atoms with E-state index in [4.69, 9.17) is 5.73 Å². The highest BCUT2D eigenvalue weighted by Gasteiger charge is 2.25. The lowest BCUT2D eigenvalue weighted by molar-refractivity contribution is -0.119. The summed E-state index contributed by atoms with van der Waals surface area (Å²) < 4.78 is 0. The van der Waals surface area contributed by atoms with Crippen LogP contribution in [0, 0.1) is 5.92 Å². The number of para-hydroxylation sites is 1. The Bertz CT molecular complexity index is 387. The highest BCUT2D eigenvalue weighted by Crippen LogP contribution is 2.28. The fraction of sp³-hybridized carbons (Fsp3) is 0.417. The lowest BCUT2D eigenvalue weighted by Crippen LogP contribution is -2.35. The van der Waals surface area contributed by atoms with Crippen LogP contribution in [0.5, 0.6) is 0 Å². The molecular weight excluding hydrogens is 188 g/mol. The summed E-state index contributed by atoms with van der Waals surface area (Å²) in [7, 11) is 0. The maximum atomic E-state index is 11.7. The standard InChI is InChI=1S/C12H16N2O/c1-2-8-4-3-5-9-6-10(7-13)12(15)14-11(8)9/h3-5,10H,2,6-7,13H2,1H3,(H,14,15). The number of carbonyl (C=O) groups excluding carboxylic acids is 1. The van der Waals surface area contributed by atoms with Crippen molar-refractivity contribution < 1.29 is 4.79 Å². The first-order valence-corrected chi connectivity index (χ1v) is 5.38. The molecule has 1 atom stereocenters. The maximum Gasteiger partial charge on any atom is 0.229 e. The second kappa shape index (κ2) is 4.03. The van der Waals surface area contributed by atoms with Gasteiger partial charge in [0.25, 0.3) is 0 Å². The second-order valence-corrected chi connectivity index (χ2v) is 3.93. The summed E-state index contributed by atoms with van der Waals surface area (Å²) in [4.78, 5) is 11.7. The summed E-state index contributed by atoms with van der Waals surface area (Å²) in [6, 6.07) is 6.17. The van der Waals surface area contributed by atoms with Gasteiger partial charge in [-0.3, -0.25) is 4.79 Å². The smallest absolute Gasteiger partial charge is 0.229 e. The van der Waals surface area contributed by atoms with Crippen LogP contribution in [0.3, 0.4) is 0 Å². The van der Waals surface area contributed by atoms with Crippen LogP contribution in [0.2, 0.25) is 0 Å². The van der Waals surface area contributed by atoms with E-state index in [1.54, 1.807) is 0 Å². The number of nitrogens with one attached hydrogen (secondary N) is 1. The zero-order chi connectivity index (χ0) is 10.8. The molecule has 1 aromatic rings. The molecule has 0 aromatic heterocycles. The van der Waals surface area contributed by atoms with Crippen molar-refractivity contribution in [1.29, 1.82) is 0 Å². The molecule has 1 aliphatic rings. The fourth-order valence-corrected chi connectivity index (χ4v) is 2.05. The third-order valence-corrected chi connectivity index (χ3v) is 2.99. The highest BCUT2D eigenvalue weighted by molar-refractivity contribution is 5.96. The number of carbonyl (C=O) groups is 1. The van der Waals surface area contributed by atoms with Crippen molar-refractivity contribution in [2.75, 3.05) is 11.9 Å². The topological polar surface area (TPSA) is 55.1 Å². The average molecular weight is 204 g/mol. The first kappa shape index (κ1) is 10.2. The molecule has 2 rings (SSSR count). The molecular formula is C12H16N2O. The van der Waals surface area contributed by atoms with E-state index in [9.17, 15) is 4.79 Å². The number of hydrogen-bond acceptors (Lipinski definition) is 2. The number of amides is 1. The Kier molecular flexibility index (Phi) is 2.73. The third-order valence-electron chi connectivity index (χ3n) is 2.99. The minimum atomic E-state index is -0.0652. The molecule has 0 aliphatic carbocycles. The fourth-order valence-electron chi connectivity index (χ4n) is 2.05. The largest absolute Gasteiger partial charge is 0.330 e. The first-order chi connectivity index (χ1) is 7.26. The molecule has 0 saturated heterocycles. The predicted molar refractivity (Wildman–Crippen MR) is 60.7 cm³/mol. The quantitative estimate of drug-likeness (QED) is 0.763. The third kappa shape index (κ3) is 1.75. The number of hydrogen-bond donors (Lipinski definition) is 2. The van der Waals surface area contributed by atoms with E-state index in [2.05, 4.69) is 24.4 Å². The monoisotopic (exact) mass is 204 g/mol. The molecule has 80 valence electrons. The van der Waals surface area contributed by atoms with Crippen LogP contribution in [-0.4, -0.2) is 12.5 Å². The van der Waals surface area contributed by atoms with E-state index < -0.39 is 0 Å². The van der Waals surface area contributed by atoms with Crippen molar-refractivity contribution in [3.05, 3.63) is 29.3 Å². The molecule has 1 amide bonds. The predicted octanol–water partition coefficient (Wildman–Crippen LogP) is 1.32. The van der Waals surface area contributed by atoms with E-state index in [0.29, 0.717) is 6.54 Å². The molecule has 3 heteroatoms. The molecule has 3 nitrogen and oxygen atoms in total. The average Bonchev–Trinajstić information content (AvgIpc) is 2.27. The van der Waals surface area contributed by atoms with Gasteiger partial charge in [0, 0.05) is 12.2 Å². The molecule has 0 fully saturated rings. The van der Waals surface area contributed by atoms with E-state index in [0.717, 1.165) is 18.5 Å². The van der Waals surface area contributed by atoms with E-state index in [-0.39, 0.29) is 11.8 Å². The summed E-state index contributed by atoms with van der Waals surface area (Å²) in [6.07, 6.45) is 1.71. The van der Waals surface area contributed by atoms with Gasteiger partial charge in [-0.25, -0.2) is 0 Å². The van der Waals surface area contributed by atoms with Gasteiger partial charge in [-0.15, -0.1) is 0 Å². The highest BCUT2D eigenvalue weighted by atomic mass is 16.1. The summed E-state index contributed by atoms with van der Waals surface area (Å²) in [5.41, 5.74) is 8.99. The van der Waals surface area contributed by atoms with Crippen LogP contribution in [0.15, 0.2) is 18.2 Å². The molecule has 1 unspecified atom stereocenters. The molecule has 3 N–H and O–H groups in total. The van der Waals surface area contributed by atoms with E-state index in [1.165, 1.54) is 11.1 Å². The van der Waals surface area contributed by atoms with E-state index >= 15 is 0 Å². The number of fused-ring (bicyclic) bond motifs is 1. The Balaban J connectivity index is 2.39. The van der Waals surface area contributed by atoms with Gasteiger partial charge in [0.15, 0.2) is 0 Å². The maximum absolute atomic E-state index is 11.7. The Morgan fingerprint density at radius 1 is 1.53 bits per heavy atom. The summed E-state index contributed by atoms with van der Waals surface area (Å²) in [5, 5.41) is 2.96. The van der Waals surface area contributed by atoms with Crippen LogP contribution in [0.25, 0.3) is 0 Å². The van der Waals surface area contributed by atoms with Crippen LogP contribution in [0.1, 0.15) is 18.1 Å². The Morgan fingerprint density at radius 2 is 2.33 bits per heavy atom. The Morgan fingerprint density at radius 3 is 3.00 bits per heavy atom. The molecule has 1 aromatic carbocycles. The van der Waals surface area contributed by atoms with Crippen molar-refractivity contribution in [3.63, 3.8) is 0 Å². The molecule has 0 spiro atoms. The van der Waals surface area contributed by atoms with Gasteiger partial charge < -0.3 is 11.1 Å². The van der Waals surface area contributed by atoms with Crippen molar-refractivity contribution in [2.45, 2.75) is 19.8 Å². The van der Waals surface area contributed by atoms with Crippen molar-refractivity contribution >= 4 is 11.6 Å². The van der Waals surface area contributed by atoms with Crippen LogP contribution in [0.4, 0.5) is 5.69 Å². The Labute approximate surface area is 89.7 Å². The van der Waals surface area contributed by atoms with Crippen LogP contribution in [-0.2, 0) is 17.6 Å². The molecule has 0 radical (unpaired) electrons. The van der Waals surface area contributed by atoms with Crippen LogP contribution >= 0.6 is 0 Å². The van der Waals surface area contributed by atoms with Crippen molar-refractivity contribution in [1.82, 2.24) is 0 Å². The number of rotatable bonds is 2. The molecule has 1 aliphatic heterocycles. The van der Waals surface area contributed by atoms with Crippen molar-refractivity contribution in [3.8, 4) is 0 Å². The minimum Gasteiger partial charge on any atom is -0.330 e. The number of aryl methyl sites for hydroxylation is 1. The lowest BCUT2D eigenvalue weighted by Gasteiger charge is -2.25. The SMILES string of the molecule is CCc1cccc2c1NC(=O)C(CN)C2. The second-order valence-electron chi connectivity index (χ2n) is 3.93. The Hall–Kier alpha value is -1.35. The lowest BCUT2D eigenvalue weighted by atomic mass is 9.91. The summed E-state index contributed by atoms with van der Waals surface area (Å²) in [5.74, 6) is -0.00416. The number of benzene rings is 1. The molecule has 0 saturated carbocycles. The molecule has 0 bridgehead atoms. The zero-order valence-electron chi connectivity index (χ0n) is 8.92. The molecule has 1 heterocycles. The van der Waals surface area contributed by atoms with Gasteiger partial charge in [-0.1, -0.05) is 25.1 Å². The molecule has 15 heavy (non-hydrogen) atoms. The van der Waals surface area contributed by atoms with Gasteiger partial charge in [0.1, 0.15) is 0 Å². The van der Waals surface area contributed by atoms with Crippen LogP contribution < -0.4 is 11.1 Å².